The predicted molar refractivity (Wildman–Crippen MR) is 51.9 cm³/mol. The molecule has 0 saturated carbocycles. The van der Waals surface area contributed by atoms with E-state index >= 15 is 0 Å². The highest BCUT2D eigenvalue weighted by Crippen LogP contribution is 2.28. The van der Waals surface area contributed by atoms with Gasteiger partial charge in [-0.25, -0.2) is 9.59 Å². The van der Waals surface area contributed by atoms with Crippen molar-refractivity contribution < 1.29 is 19.1 Å². The third kappa shape index (κ3) is 1.61. The minimum Gasteiger partial charge on any atom is -0.466 e. The average molecular weight is 204 g/mol. The number of carbonyl (C=O) groups excluding carboxylic acids is 2. The van der Waals surface area contributed by atoms with Crippen LogP contribution in [0.3, 0.4) is 0 Å². The van der Waals surface area contributed by atoms with Crippen molar-refractivity contribution in [3.8, 4) is 0 Å². The molecule has 76 valence electrons. The molecule has 0 spiro atoms. The largest absolute Gasteiger partial charge is 0.466 e. The van der Waals surface area contributed by atoms with Crippen LogP contribution in [-0.2, 0) is 14.3 Å². The number of ether oxygens (including phenoxy) is 2. The van der Waals surface area contributed by atoms with Crippen molar-refractivity contribution in [1.82, 2.24) is 0 Å². The highest BCUT2D eigenvalue weighted by molar-refractivity contribution is 6.05. The minimum absolute atomic E-state index is 0.238. The smallest absolute Gasteiger partial charge is 0.344 e. The molecule has 15 heavy (non-hydrogen) atoms. The Labute approximate surface area is 86.1 Å². The number of esters is 2. The lowest BCUT2D eigenvalue weighted by atomic mass is 10.1. The van der Waals surface area contributed by atoms with Gasteiger partial charge in [-0.15, -0.1) is 0 Å². The number of hydrogen-bond donors (Lipinski definition) is 0. The number of hydrogen-bond acceptors (Lipinski definition) is 4. The third-order valence-corrected chi connectivity index (χ3v) is 2.07. The maximum absolute atomic E-state index is 11.3. The predicted octanol–water partition coefficient (Wildman–Crippen LogP) is 1.37. The molecule has 0 fully saturated rings. The van der Waals surface area contributed by atoms with Crippen molar-refractivity contribution in [2.24, 2.45) is 0 Å². The van der Waals surface area contributed by atoms with Gasteiger partial charge in [-0.1, -0.05) is 18.2 Å². The highest BCUT2D eigenvalue weighted by Gasteiger charge is 2.26. The van der Waals surface area contributed by atoms with E-state index in [0.29, 0.717) is 11.1 Å². The summed E-state index contributed by atoms with van der Waals surface area (Å²) in [4.78, 5) is 22.3. The van der Waals surface area contributed by atoms with Crippen molar-refractivity contribution in [2.75, 3.05) is 7.11 Å². The summed E-state index contributed by atoms with van der Waals surface area (Å²) in [6, 6.07) is 6.87. The van der Waals surface area contributed by atoms with Crippen molar-refractivity contribution >= 4 is 17.7 Å². The molecule has 1 aromatic carbocycles. The molecule has 1 aliphatic rings. The molecule has 0 unspecified atom stereocenters. The first-order valence-corrected chi connectivity index (χ1v) is 4.33. The van der Waals surface area contributed by atoms with Gasteiger partial charge in [0.2, 0.25) is 0 Å². The molecule has 0 radical (unpaired) electrons. The van der Waals surface area contributed by atoms with E-state index in [2.05, 4.69) is 4.74 Å². The fourth-order valence-corrected chi connectivity index (χ4v) is 1.36. The molecule has 0 N–H and O–H groups in total. The molecule has 0 aromatic heterocycles. The lowest BCUT2D eigenvalue weighted by Gasteiger charge is -1.96. The van der Waals surface area contributed by atoms with E-state index < -0.39 is 11.9 Å². The maximum Gasteiger partial charge on any atom is 0.344 e. The molecule has 4 nitrogen and oxygen atoms in total. The Morgan fingerprint density at radius 1 is 1.33 bits per heavy atom. The molecule has 0 saturated heterocycles. The van der Waals surface area contributed by atoms with Crippen LogP contribution in [0.1, 0.15) is 15.9 Å². The number of cyclic esters (lactones) is 1. The van der Waals surface area contributed by atoms with Crippen LogP contribution in [0.2, 0.25) is 0 Å². The lowest BCUT2D eigenvalue weighted by Crippen LogP contribution is -1.97. The van der Waals surface area contributed by atoms with Gasteiger partial charge in [-0.2, -0.15) is 0 Å². The molecule has 0 amide bonds. The summed E-state index contributed by atoms with van der Waals surface area (Å²) in [5.41, 5.74) is 1.08. The summed E-state index contributed by atoms with van der Waals surface area (Å²) in [7, 11) is 1.27. The molecule has 0 atom stereocenters. The normalized spacial score (nSPS) is 16.1. The van der Waals surface area contributed by atoms with E-state index in [1.807, 2.05) is 0 Å². The fourth-order valence-electron chi connectivity index (χ4n) is 1.36. The molecular formula is C11H8O4. The van der Waals surface area contributed by atoms with Gasteiger partial charge in [-0.05, 0) is 6.07 Å². The second kappa shape index (κ2) is 3.57. The Hall–Kier alpha value is -2.10. The topological polar surface area (TPSA) is 52.6 Å². The zero-order valence-electron chi connectivity index (χ0n) is 8.02. The van der Waals surface area contributed by atoms with Gasteiger partial charge < -0.3 is 9.47 Å². The summed E-state index contributed by atoms with van der Waals surface area (Å²) in [6.45, 7) is 0. The van der Waals surface area contributed by atoms with Crippen LogP contribution in [0, 0.1) is 0 Å². The SMILES string of the molecule is COC(=O)/C=C1\OC(=O)c2ccccc21. The van der Waals surface area contributed by atoms with Crippen LogP contribution >= 0.6 is 0 Å². The van der Waals surface area contributed by atoms with Gasteiger partial charge in [0.1, 0.15) is 5.76 Å². The Kier molecular flexibility index (Phi) is 2.25. The van der Waals surface area contributed by atoms with Crippen molar-refractivity contribution in [3.63, 3.8) is 0 Å². The molecular weight excluding hydrogens is 196 g/mol. The summed E-state index contributed by atoms with van der Waals surface area (Å²) < 4.78 is 9.38. The van der Waals surface area contributed by atoms with E-state index in [4.69, 9.17) is 4.74 Å². The van der Waals surface area contributed by atoms with Crippen molar-refractivity contribution in [3.05, 3.63) is 41.5 Å². The number of benzene rings is 1. The van der Waals surface area contributed by atoms with Crippen LogP contribution in [0.15, 0.2) is 30.3 Å². The summed E-state index contributed by atoms with van der Waals surface area (Å²) in [5, 5.41) is 0. The molecule has 2 rings (SSSR count). The average Bonchev–Trinajstić information content (AvgIpc) is 2.57. The monoisotopic (exact) mass is 204 g/mol. The van der Waals surface area contributed by atoms with Crippen molar-refractivity contribution in [1.29, 1.82) is 0 Å². The third-order valence-electron chi connectivity index (χ3n) is 2.07. The number of rotatable bonds is 1. The molecule has 1 aromatic rings. The van der Waals surface area contributed by atoms with E-state index in [1.165, 1.54) is 7.11 Å². The Bertz CT molecular complexity index is 459. The number of carbonyl (C=O) groups is 2. The van der Waals surface area contributed by atoms with Gasteiger partial charge >= 0.3 is 11.9 Å². The molecule has 1 heterocycles. The van der Waals surface area contributed by atoms with Crippen molar-refractivity contribution in [2.45, 2.75) is 0 Å². The first kappa shape index (κ1) is 9.45. The van der Waals surface area contributed by atoms with Crippen LogP contribution < -0.4 is 0 Å². The Balaban J connectivity index is 2.45. The number of methoxy groups -OCH3 is 1. The second-order valence-electron chi connectivity index (χ2n) is 2.97. The van der Waals surface area contributed by atoms with E-state index in [1.54, 1.807) is 24.3 Å². The highest BCUT2D eigenvalue weighted by atomic mass is 16.5. The van der Waals surface area contributed by atoms with Crippen LogP contribution in [0.5, 0.6) is 0 Å². The molecule has 0 aliphatic carbocycles. The quantitative estimate of drug-likeness (QED) is 0.512. The standard InChI is InChI=1S/C11H8O4/c1-14-10(12)6-9-7-4-2-3-5-8(7)11(13)15-9/h2-6H,1H3/b9-6-. The first-order valence-electron chi connectivity index (χ1n) is 4.33. The Morgan fingerprint density at radius 3 is 2.67 bits per heavy atom. The van der Waals surface area contributed by atoms with Crippen LogP contribution in [0.25, 0.3) is 5.76 Å². The summed E-state index contributed by atoms with van der Waals surface area (Å²) in [6.07, 6.45) is 1.16. The zero-order chi connectivity index (χ0) is 10.8. The zero-order valence-corrected chi connectivity index (χ0v) is 8.02. The molecule has 0 bridgehead atoms. The van der Waals surface area contributed by atoms with Gasteiger partial charge in [0, 0.05) is 5.56 Å². The lowest BCUT2D eigenvalue weighted by molar-refractivity contribution is -0.134. The van der Waals surface area contributed by atoms with Crippen LogP contribution in [-0.4, -0.2) is 19.0 Å². The van der Waals surface area contributed by atoms with Gasteiger partial charge in [0.25, 0.3) is 0 Å². The van der Waals surface area contributed by atoms with Gasteiger partial charge in [-0.3, -0.25) is 0 Å². The first-order chi connectivity index (χ1) is 7.22. The van der Waals surface area contributed by atoms with E-state index in [9.17, 15) is 9.59 Å². The number of fused-ring (bicyclic) bond motifs is 1. The van der Waals surface area contributed by atoms with Crippen LogP contribution in [0.4, 0.5) is 0 Å². The second-order valence-corrected chi connectivity index (χ2v) is 2.97. The van der Waals surface area contributed by atoms with E-state index in [-0.39, 0.29) is 5.76 Å². The minimum atomic E-state index is -0.547. The van der Waals surface area contributed by atoms with Gasteiger partial charge in [0.15, 0.2) is 0 Å². The maximum atomic E-state index is 11.3. The summed E-state index contributed by atoms with van der Waals surface area (Å²) >= 11 is 0. The van der Waals surface area contributed by atoms with Gasteiger partial charge in [0.05, 0.1) is 18.7 Å². The summed E-state index contributed by atoms with van der Waals surface area (Å²) in [5.74, 6) is -0.752. The van der Waals surface area contributed by atoms with E-state index in [0.717, 1.165) is 6.08 Å². The fraction of sp³-hybridized carbons (Fsp3) is 0.0909. The molecule has 4 heteroatoms. The Morgan fingerprint density at radius 2 is 2.00 bits per heavy atom. The molecule has 1 aliphatic heterocycles.